The molecule has 1 fully saturated rings. The van der Waals surface area contributed by atoms with E-state index in [9.17, 15) is 9.59 Å². The minimum atomic E-state index is -0.377. The first-order chi connectivity index (χ1) is 11.9. The summed E-state index contributed by atoms with van der Waals surface area (Å²) in [4.78, 5) is 29.2. The van der Waals surface area contributed by atoms with Gasteiger partial charge < -0.3 is 14.5 Å². The van der Waals surface area contributed by atoms with Gasteiger partial charge in [0.2, 0.25) is 5.91 Å². The van der Waals surface area contributed by atoms with Gasteiger partial charge in [0.05, 0.1) is 6.61 Å². The lowest BCUT2D eigenvalue weighted by molar-refractivity contribution is -0.139. The van der Waals surface area contributed by atoms with Gasteiger partial charge in [0, 0.05) is 37.2 Å². The largest absolute Gasteiger partial charge is 0.493 e. The fourth-order valence-corrected chi connectivity index (χ4v) is 3.47. The maximum atomic E-state index is 12.9. The molecule has 0 N–H and O–H groups in total. The quantitative estimate of drug-likeness (QED) is 0.787. The molecule has 5 heteroatoms. The molecule has 0 aliphatic carbocycles. The van der Waals surface area contributed by atoms with E-state index in [2.05, 4.69) is 0 Å². The summed E-state index contributed by atoms with van der Waals surface area (Å²) in [5, 5.41) is 0. The van der Waals surface area contributed by atoms with Crippen LogP contribution in [-0.4, -0.2) is 54.4 Å². The second kappa shape index (κ2) is 7.06. The Balaban J connectivity index is 1.68. The van der Waals surface area contributed by atoms with Crippen molar-refractivity contribution in [2.75, 3.05) is 32.8 Å². The average molecular weight is 344 g/mol. The smallest absolute Gasteiger partial charge is 0.253 e. The molecule has 25 heavy (non-hydrogen) atoms. The highest BCUT2D eigenvalue weighted by molar-refractivity contribution is 5.94. The maximum absolute atomic E-state index is 12.9. The van der Waals surface area contributed by atoms with Crippen molar-refractivity contribution in [1.29, 1.82) is 0 Å². The molecule has 136 valence electrons. The van der Waals surface area contributed by atoms with Crippen LogP contribution in [0, 0.1) is 5.41 Å². The lowest BCUT2D eigenvalue weighted by atomic mass is 9.94. The first-order valence-corrected chi connectivity index (χ1v) is 9.20. The molecule has 0 atom stereocenters. The van der Waals surface area contributed by atoms with Gasteiger partial charge in [-0.25, -0.2) is 0 Å². The SMILES string of the molecule is CC(C)(C)C(=O)N1CCCN(C(=O)c2ccc3c(c2)CCCO3)CC1. The van der Waals surface area contributed by atoms with Gasteiger partial charge in [-0.2, -0.15) is 0 Å². The number of carbonyl (C=O) groups is 2. The van der Waals surface area contributed by atoms with Crippen LogP contribution in [0.2, 0.25) is 0 Å². The molecule has 1 aromatic carbocycles. The van der Waals surface area contributed by atoms with E-state index in [4.69, 9.17) is 4.74 Å². The van der Waals surface area contributed by atoms with Gasteiger partial charge in [-0.05, 0) is 43.0 Å². The third kappa shape index (κ3) is 3.97. The molecule has 1 saturated heterocycles. The van der Waals surface area contributed by atoms with Crippen LogP contribution in [0.4, 0.5) is 0 Å². The standard InChI is InChI=1S/C20H28N2O3/c1-20(2,3)19(24)22-10-5-9-21(11-12-22)18(23)16-7-8-17-15(14-16)6-4-13-25-17/h7-8,14H,4-6,9-13H2,1-3H3. The molecular weight excluding hydrogens is 316 g/mol. The van der Waals surface area contributed by atoms with Crippen LogP contribution in [0.25, 0.3) is 0 Å². The summed E-state index contributed by atoms with van der Waals surface area (Å²) in [7, 11) is 0. The molecule has 0 unspecified atom stereocenters. The van der Waals surface area contributed by atoms with E-state index in [1.54, 1.807) is 0 Å². The zero-order valence-electron chi connectivity index (χ0n) is 15.5. The van der Waals surface area contributed by atoms with Crippen LogP contribution in [0.1, 0.15) is 49.5 Å². The third-order valence-corrected chi connectivity index (χ3v) is 4.87. The van der Waals surface area contributed by atoms with Crippen molar-refractivity contribution in [3.63, 3.8) is 0 Å². The van der Waals surface area contributed by atoms with Crippen LogP contribution in [-0.2, 0) is 11.2 Å². The van der Waals surface area contributed by atoms with Crippen molar-refractivity contribution in [1.82, 2.24) is 9.80 Å². The van der Waals surface area contributed by atoms with Crippen LogP contribution in [0.5, 0.6) is 5.75 Å². The highest BCUT2D eigenvalue weighted by Crippen LogP contribution is 2.26. The molecule has 0 radical (unpaired) electrons. The van der Waals surface area contributed by atoms with E-state index in [-0.39, 0.29) is 17.2 Å². The highest BCUT2D eigenvalue weighted by Gasteiger charge is 2.29. The third-order valence-electron chi connectivity index (χ3n) is 4.87. The number of nitrogens with zero attached hydrogens (tertiary/aromatic N) is 2. The molecule has 2 aliphatic heterocycles. The van der Waals surface area contributed by atoms with Gasteiger partial charge in [-0.15, -0.1) is 0 Å². The zero-order valence-corrected chi connectivity index (χ0v) is 15.5. The molecule has 3 rings (SSSR count). The normalized spacial score (nSPS) is 18.2. The van der Waals surface area contributed by atoms with Crippen LogP contribution >= 0.6 is 0 Å². The first kappa shape index (κ1) is 17.8. The van der Waals surface area contributed by atoms with E-state index >= 15 is 0 Å². The summed E-state index contributed by atoms with van der Waals surface area (Å²) < 4.78 is 5.63. The van der Waals surface area contributed by atoms with Gasteiger partial charge in [-0.1, -0.05) is 20.8 Å². The summed E-state index contributed by atoms with van der Waals surface area (Å²) in [6.45, 7) is 9.20. The number of amides is 2. The molecule has 0 saturated carbocycles. The van der Waals surface area contributed by atoms with Crippen molar-refractivity contribution in [3.8, 4) is 5.75 Å². The Hall–Kier alpha value is -2.04. The molecule has 0 aromatic heterocycles. The molecule has 0 spiro atoms. The molecule has 5 nitrogen and oxygen atoms in total. The van der Waals surface area contributed by atoms with E-state index < -0.39 is 0 Å². The van der Waals surface area contributed by atoms with Gasteiger partial charge >= 0.3 is 0 Å². The van der Waals surface area contributed by atoms with Gasteiger partial charge in [0.25, 0.3) is 5.91 Å². The van der Waals surface area contributed by atoms with E-state index in [0.717, 1.165) is 49.3 Å². The van der Waals surface area contributed by atoms with E-state index in [1.807, 2.05) is 48.8 Å². The predicted molar refractivity (Wildman–Crippen MR) is 96.8 cm³/mol. The number of benzene rings is 1. The molecule has 2 heterocycles. The van der Waals surface area contributed by atoms with E-state index in [1.165, 1.54) is 0 Å². The average Bonchev–Trinajstić information content (AvgIpc) is 2.85. The summed E-state index contributed by atoms with van der Waals surface area (Å²) in [5.41, 5.74) is 1.47. The van der Waals surface area contributed by atoms with Crippen molar-refractivity contribution in [3.05, 3.63) is 29.3 Å². The summed E-state index contributed by atoms with van der Waals surface area (Å²) in [6.07, 6.45) is 2.78. The minimum absolute atomic E-state index is 0.0541. The molecule has 2 aliphatic rings. The first-order valence-electron chi connectivity index (χ1n) is 9.20. The number of hydrogen-bond acceptors (Lipinski definition) is 3. The second-order valence-corrected chi connectivity index (χ2v) is 7.96. The molecule has 2 amide bonds. The predicted octanol–water partition coefficient (Wildman–Crippen LogP) is 2.73. The highest BCUT2D eigenvalue weighted by atomic mass is 16.5. The number of hydrogen-bond donors (Lipinski definition) is 0. The Kier molecular flexibility index (Phi) is 5.02. The summed E-state index contributed by atoms with van der Waals surface area (Å²) >= 11 is 0. The van der Waals surface area contributed by atoms with Crippen molar-refractivity contribution < 1.29 is 14.3 Å². The number of aryl methyl sites for hydroxylation is 1. The summed E-state index contributed by atoms with van der Waals surface area (Å²) in [6, 6.07) is 5.74. The Morgan fingerprint density at radius 1 is 1.00 bits per heavy atom. The van der Waals surface area contributed by atoms with Gasteiger partial charge in [0.1, 0.15) is 5.75 Å². The maximum Gasteiger partial charge on any atom is 0.253 e. The van der Waals surface area contributed by atoms with Crippen LogP contribution in [0.15, 0.2) is 18.2 Å². The molecule has 1 aromatic rings. The molecular formula is C20H28N2O3. The fourth-order valence-electron chi connectivity index (χ4n) is 3.47. The topological polar surface area (TPSA) is 49.9 Å². The van der Waals surface area contributed by atoms with Crippen LogP contribution < -0.4 is 4.74 Å². The Morgan fingerprint density at radius 2 is 1.72 bits per heavy atom. The fraction of sp³-hybridized carbons (Fsp3) is 0.600. The Bertz CT molecular complexity index is 663. The number of carbonyl (C=O) groups excluding carboxylic acids is 2. The van der Waals surface area contributed by atoms with E-state index in [0.29, 0.717) is 19.6 Å². The Morgan fingerprint density at radius 3 is 2.48 bits per heavy atom. The zero-order chi connectivity index (χ0) is 18.0. The van der Waals surface area contributed by atoms with Crippen LogP contribution in [0.3, 0.4) is 0 Å². The number of ether oxygens (including phenoxy) is 1. The van der Waals surface area contributed by atoms with Crippen molar-refractivity contribution in [2.24, 2.45) is 5.41 Å². The van der Waals surface area contributed by atoms with Crippen molar-refractivity contribution in [2.45, 2.75) is 40.0 Å². The van der Waals surface area contributed by atoms with Gasteiger partial charge in [0.15, 0.2) is 0 Å². The van der Waals surface area contributed by atoms with Gasteiger partial charge in [-0.3, -0.25) is 9.59 Å². The van der Waals surface area contributed by atoms with Crippen molar-refractivity contribution >= 4 is 11.8 Å². The minimum Gasteiger partial charge on any atom is -0.493 e. The number of rotatable bonds is 1. The number of fused-ring (bicyclic) bond motifs is 1. The summed E-state index contributed by atoms with van der Waals surface area (Å²) in [5.74, 6) is 1.12. The monoisotopic (exact) mass is 344 g/mol. The Labute approximate surface area is 149 Å². The lowest BCUT2D eigenvalue weighted by Crippen LogP contribution is -2.42. The molecule has 0 bridgehead atoms. The second-order valence-electron chi connectivity index (χ2n) is 7.96. The lowest BCUT2D eigenvalue weighted by Gasteiger charge is -2.28.